The van der Waals surface area contributed by atoms with Crippen molar-refractivity contribution in [1.29, 1.82) is 0 Å². The van der Waals surface area contributed by atoms with Crippen LogP contribution in [0.25, 0.3) is 5.65 Å². The number of aliphatic carboxylic acids is 1. The van der Waals surface area contributed by atoms with E-state index in [-0.39, 0.29) is 40.5 Å². The van der Waals surface area contributed by atoms with E-state index in [2.05, 4.69) is 41.4 Å². The monoisotopic (exact) mass is 579 g/mol. The molecule has 0 aromatic carbocycles. The number of hydrogen-bond donors (Lipinski definition) is 4. The van der Waals surface area contributed by atoms with Crippen molar-refractivity contribution in [1.82, 2.24) is 40.5 Å². The summed E-state index contributed by atoms with van der Waals surface area (Å²) in [5.41, 5.74) is 5.62. The van der Waals surface area contributed by atoms with Crippen LogP contribution in [-0.2, 0) is 19.2 Å². The maximum atomic E-state index is 13.0. The standard InChI is InChI=1S/C19H21N11O5S3/c1-21-8-3-10(25-30-13(8)24-27-28-30)37-6-19(17(33)34)5-29-15(32)12(16(29)38-7-19)23-14(31)11(26-35-2)9-4-36-18(20)22-9/h3-4,12,16,21H,5-7H2,1-2H3,(H2,20,22)(H,23,31)(H,33,34)/t12?,16-,19?/m1/s1. The fourth-order valence-corrected chi connectivity index (χ4v) is 7.29. The van der Waals surface area contributed by atoms with Crippen LogP contribution < -0.4 is 16.4 Å². The number of carbonyl (C=O) groups is 3. The van der Waals surface area contributed by atoms with E-state index in [1.807, 2.05) is 0 Å². The topological polar surface area (TPSA) is 215 Å². The van der Waals surface area contributed by atoms with Gasteiger partial charge in [-0.05, 0) is 16.5 Å². The van der Waals surface area contributed by atoms with E-state index < -0.39 is 28.7 Å². The van der Waals surface area contributed by atoms with E-state index in [9.17, 15) is 19.5 Å². The number of thiazole rings is 1. The third-order valence-corrected chi connectivity index (χ3v) is 9.42. The molecule has 16 nitrogen and oxygen atoms in total. The van der Waals surface area contributed by atoms with Crippen LogP contribution in [0.1, 0.15) is 5.69 Å². The molecule has 2 saturated heterocycles. The lowest BCUT2D eigenvalue weighted by Gasteiger charge is -2.53. The highest BCUT2D eigenvalue weighted by Crippen LogP contribution is 2.44. The molecule has 0 spiro atoms. The first-order valence-electron chi connectivity index (χ1n) is 10.9. The normalized spacial score (nSPS) is 23.1. The minimum absolute atomic E-state index is 0.00808. The molecule has 2 aliphatic heterocycles. The Kier molecular flexibility index (Phi) is 6.97. The van der Waals surface area contributed by atoms with Gasteiger partial charge in [-0.15, -0.1) is 49.7 Å². The van der Waals surface area contributed by atoms with Gasteiger partial charge in [0.2, 0.25) is 11.6 Å². The summed E-state index contributed by atoms with van der Waals surface area (Å²) in [5.74, 6) is -1.67. The highest BCUT2D eigenvalue weighted by atomic mass is 32.2. The number of nitrogens with one attached hydrogen (secondary N) is 2. The van der Waals surface area contributed by atoms with Crippen molar-refractivity contribution < 1.29 is 24.3 Å². The van der Waals surface area contributed by atoms with E-state index in [1.165, 1.54) is 40.2 Å². The number of oxime groups is 1. The van der Waals surface area contributed by atoms with Gasteiger partial charge < -0.3 is 31.2 Å². The molecule has 0 radical (unpaired) electrons. The lowest BCUT2D eigenvalue weighted by Crippen LogP contribution is -2.74. The van der Waals surface area contributed by atoms with E-state index in [1.54, 1.807) is 18.5 Å². The molecule has 2 fully saturated rings. The first kappa shape index (κ1) is 25.9. The molecular formula is C19H21N11O5S3. The molecule has 3 atom stereocenters. The number of nitrogens with zero attached hydrogens (tertiary/aromatic N) is 8. The van der Waals surface area contributed by atoms with E-state index in [0.717, 1.165) is 11.3 Å². The van der Waals surface area contributed by atoms with Crippen molar-refractivity contribution in [2.45, 2.75) is 16.4 Å². The molecule has 0 saturated carbocycles. The molecule has 19 heteroatoms. The number of nitrogen functional groups attached to an aromatic ring is 1. The Balaban J connectivity index is 1.27. The molecule has 2 aliphatic rings. The third kappa shape index (κ3) is 4.56. The van der Waals surface area contributed by atoms with Gasteiger partial charge in [0.25, 0.3) is 5.91 Å². The number of β-lactam (4-membered cyclic amide) rings is 1. The summed E-state index contributed by atoms with van der Waals surface area (Å²) in [7, 11) is 3.01. The minimum atomic E-state index is -1.23. The summed E-state index contributed by atoms with van der Waals surface area (Å²) in [4.78, 5) is 48.6. The zero-order valence-electron chi connectivity index (χ0n) is 19.9. The lowest BCUT2D eigenvalue weighted by atomic mass is 9.89. The summed E-state index contributed by atoms with van der Waals surface area (Å²) in [6.45, 7) is -0.00808. The lowest BCUT2D eigenvalue weighted by molar-refractivity contribution is -0.157. The average molecular weight is 580 g/mol. The second-order valence-corrected chi connectivity index (χ2v) is 11.3. The smallest absolute Gasteiger partial charge is 0.313 e. The van der Waals surface area contributed by atoms with Gasteiger partial charge in [-0.1, -0.05) is 5.16 Å². The molecule has 0 bridgehead atoms. The number of carboxylic acid groups (broad SMARTS) is 1. The van der Waals surface area contributed by atoms with Crippen molar-refractivity contribution in [2.75, 3.05) is 43.3 Å². The van der Waals surface area contributed by atoms with Gasteiger partial charge in [-0.3, -0.25) is 14.4 Å². The molecule has 5 heterocycles. The summed E-state index contributed by atoms with van der Waals surface area (Å²) < 4.78 is 1.26. The number of thioether (sulfide) groups is 2. The fraction of sp³-hybridized carbons (Fsp3) is 0.421. The van der Waals surface area contributed by atoms with Crippen molar-refractivity contribution in [2.24, 2.45) is 10.6 Å². The van der Waals surface area contributed by atoms with Gasteiger partial charge in [0.15, 0.2) is 10.8 Å². The number of nitrogens with two attached hydrogens (primary N) is 1. The molecule has 38 heavy (non-hydrogen) atoms. The Bertz CT molecular complexity index is 1440. The number of rotatable bonds is 9. The number of tetrazole rings is 1. The van der Waals surface area contributed by atoms with Gasteiger partial charge in [0, 0.05) is 30.5 Å². The number of hydrogen-bond acceptors (Lipinski definition) is 15. The predicted molar refractivity (Wildman–Crippen MR) is 139 cm³/mol. The van der Waals surface area contributed by atoms with E-state index in [4.69, 9.17) is 10.6 Å². The predicted octanol–water partition coefficient (Wildman–Crippen LogP) is -0.787. The van der Waals surface area contributed by atoms with Crippen molar-refractivity contribution in [3.05, 3.63) is 17.1 Å². The maximum Gasteiger partial charge on any atom is 0.313 e. The van der Waals surface area contributed by atoms with Crippen molar-refractivity contribution >= 4 is 74.8 Å². The third-order valence-electron chi connectivity index (χ3n) is 5.97. The van der Waals surface area contributed by atoms with Gasteiger partial charge in [0.05, 0.1) is 5.69 Å². The highest BCUT2D eigenvalue weighted by molar-refractivity contribution is 8.00. The molecule has 0 aliphatic carbocycles. The van der Waals surface area contributed by atoms with Crippen LogP contribution in [0.3, 0.4) is 0 Å². The molecule has 2 amide bonds. The average Bonchev–Trinajstić information content (AvgIpc) is 3.57. The van der Waals surface area contributed by atoms with Gasteiger partial charge in [0.1, 0.15) is 34.7 Å². The Hall–Kier alpha value is -3.71. The highest BCUT2D eigenvalue weighted by Gasteiger charge is 2.57. The number of aromatic nitrogens is 6. The number of carbonyl (C=O) groups excluding carboxylic acids is 2. The molecule has 5 rings (SSSR count). The van der Waals surface area contributed by atoms with Gasteiger partial charge in [-0.25, -0.2) is 4.98 Å². The molecule has 5 N–H and O–H groups in total. The first-order valence-corrected chi connectivity index (χ1v) is 13.9. The zero-order chi connectivity index (χ0) is 27.0. The molecule has 3 aromatic rings. The van der Waals surface area contributed by atoms with Crippen LogP contribution in [0.4, 0.5) is 10.8 Å². The number of carboxylic acids is 1. The second kappa shape index (κ2) is 10.2. The number of fused-ring (bicyclic) bond motifs is 2. The van der Waals surface area contributed by atoms with Crippen LogP contribution in [0, 0.1) is 5.41 Å². The van der Waals surface area contributed by atoms with Crippen LogP contribution in [0.15, 0.2) is 21.6 Å². The Labute approximate surface area is 226 Å². The summed E-state index contributed by atoms with van der Waals surface area (Å²) >= 11 is 3.67. The number of amides is 2. The van der Waals surface area contributed by atoms with Crippen LogP contribution in [0.5, 0.6) is 0 Å². The van der Waals surface area contributed by atoms with Crippen molar-refractivity contribution in [3.8, 4) is 0 Å². The molecule has 2 unspecified atom stereocenters. The largest absolute Gasteiger partial charge is 0.481 e. The van der Waals surface area contributed by atoms with Crippen LogP contribution >= 0.6 is 34.9 Å². The summed E-state index contributed by atoms with van der Waals surface area (Å²) in [6.07, 6.45) is 0. The molecule has 3 aromatic heterocycles. The second-order valence-electron chi connectivity index (χ2n) is 8.32. The minimum Gasteiger partial charge on any atom is -0.481 e. The SMILES string of the molecule is CNc1cc(SCC2(C(=O)O)CS[C@@H]3C(NC(=O)C(=NOC)c4csc(N)n4)C(=O)N3C2)nn2nnnc12. The maximum absolute atomic E-state index is 13.0. The number of anilines is 2. The summed E-state index contributed by atoms with van der Waals surface area (Å²) in [6, 6.07) is 0.896. The van der Waals surface area contributed by atoms with E-state index >= 15 is 0 Å². The van der Waals surface area contributed by atoms with Crippen molar-refractivity contribution in [3.63, 3.8) is 0 Å². The van der Waals surface area contributed by atoms with Gasteiger partial charge >= 0.3 is 5.97 Å². The molecule has 200 valence electrons. The Morgan fingerprint density at radius 1 is 1.45 bits per heavy atom. The Morgan fingerprint density at radius 3 is 2.95 bits per heavy atom. The fourth-order valence-electron chi connectivity index (χ4n) is 4.00. The Morgan fingerprint density at radius 2 is 2.26 bits per heavy atom. The van der Waals surface area contributed by atoms with E-state index in [0.29, 0.717) is 16.4 Å². The zero-order valence-corrected chi connectivity index (χ0v) is 22.3. The van der Waals surface area contributed by atoms with Crippen LogP contribution in [0.2, 0.25) is 0 Å². The van der Waals surface area contributed by atoms with Gasteiger partial charge in [-0.2, -0.15) is 0 Å². The molecular weight excluding hydrogens is 558 g/mol. The first-order chi connectivity index (χ1) is 18.3. The quantitative estimate of drug-likeness (QED) is 0.106. The summed E-state index contributed by atoms with van der Waals surface area (Å²) in [5, 5.41) is 37.1. The van der Waals surface area contributed by atoms with Crippen LogP contribution in [-0.4, -0.2) is 107 Å².